The Bertz CT molecular complexity index is 769. The third-order valence-corrected chi connectivity index (χ3v) is 4.76. The van der Waals surface area contributed by atoms with E-state index in [-0.39, 0.29) is 18.4 Å². The average molecular weight is 379 g/mol. The van der Waals surface area contributed by atoms with Crippen LogP contribution in [0.15, 0.2) is 23.4 Å². The largest absolute Gasteiger partial charge is 0.423 e. The number of cyclic esters (lactones) is 1. The minimum absolute atomic E-state index is 0.107. The van der Waals surface area contributed by atoms with Gasteiger partial charge in [0.1, 0.15) is 12.9 Å². The molecule has 0 bridgehead atoms. The van der Waals surface area contributed by atoms with Gasteiger partial charge in [-0.15, -0.1) is 0 Å². The number of carbonyl (C=O) groups is 2. The molecule has 0 spiro atoms. The van der Waals surface area contributed by atoms with Gasteiger partial charge in [0.05, 0.1) is 24.0 Å². The van der Waals surface area contributed by atoms with Crippen molar-refractivity contribution in [2.75, 3.05) is 18.6 Å². The maximum Gasteiger partial charge on any atom is 0.416 e. The predicted octanol–water partition coefficient (Wildman–Crippen LogP) is 1.88. The van der Waals surface area contributed by atoms with E-state index in [1.807, 2.05) is 0 Å². The van der Waals surface area contributed by atoms with Crippen LogP contribution in [0.3, 0.4) is 0 Å². The molecule has 3 rings (SSSR count). The summed E-state index contributed by atoms with van der Waals surface area (Å²) in [5.41, 5.74) is 1.40. The average Bonchev–Trinajstić information content (AvgIpc) is 2.96. The van der Waals surface area contributed by atoms with Crippen molar-refractivity contribution < 1.29 is 28.7 Å². The van der Waals surface area contributed by atoms with Crippen LogP contribution in [0.4, 0.5) is 14.9 Å². The Labute approximate surface area is 155 Å². The van der Waals surface area contributed by atoms with Crippen LogP contribution in [0.1, 0.15) is 37.7 Å². The molecule has 3 atom stereocenters. The molecule has 27 heavy (non-hydrogen) atoms. The van der Waals surface area contributed by atoms with Gasteiger partial charge >= 0.3 is 6.09 Å². The molecule has 2 aliphatic rings. The number of ether oxygens (including phenoxy) is 1. The summed E-state index contributed by atoms with van der Waals surface area (Å²) in [5, 5.41) is 16.5. The van der Waals surface area contributed by atoms with Crippen molar-refractivity contribution in [3.05, 3.63) is 29.6 Å². The van der Waals surface area contributed by atoms with Crippen LogP contribution < -0.4 is 10.2 Å². The number of carbonyl (C=O) groups excluding carboxylic acids is 2. The van der Waals surface area contributed by atoms with Crippen molar-refractivity contribution in [3.8, 4) is 0 Å². The van der Waals surface area contributed by atoms with Crippen LogP contribution in [0, 0.1) is 5.82 Å². The summed E-state index contributed by atoms with van der Waals surface area (Å²) in [7, 11) is 1.42. The molecule has 1 aliphatic heterocycles. The fourth-order valence-electron chi connectivity index (χ4n) is 3.51. The standard InChI is InChI=1S/C18H22FN3O5/c1-10(23)20-17-9-22(18(25)27-17)12-4-5-13(14(19)8-12)11-3-6-15(21-26-2)16(24)7-11/h4-5,8,11,16-17,24H,3,6-7,9H2,1-2H3,(H,20,23)/b21-15-. The van der Waals surface area contributed by atoms with Gasteiger partial charge in [-0.2, -0.15) is 0 Å². The lowest BCUT2D eigenvalue weighted by molar-refractivity contribution is -0.121. The van der Waals surface area contributed by atoms with Gasteiger partial charge in [0.15, 0.2) is 6.23 Å². The van der Waals surface area contributed by atoms with Crippen LogP contribution >= 0.6 is 0 Å². The summed E-state index contributed by atoms with van der Waals surface area (Å²) in [6.45, 7) is 1.43. The zero-order chi connectivity index (χ0) is 19.6. The highest BCUT2D eigenvalue weighted by atomic mass is 19.1. The molecule has 0 aromatic heterocycles. The number of oxime groups is 1. The number of nitrogens with one attached hydrogen (secondary N) is 1. The Morgan fingerprint density at radius 2 is 2.26 bits per heavy atom. The number of anilines is 1. The zero-order valence-corrected chi connectivity index (χ0v) is 15.1. The van der Waals surface area contributed by atoms with E-state index in [1.54, 1.807) is 12.1 Å². The fourth-order valence-corrected chi connectivity index (χ4v) is 3.51. The second-order valence-corrected chi connectivity index (χ2v) is 6.64. The minimum atomic E-state index is -0.769. The lowest BCUT2D eigenvalue weighted by atomic mass is 9.81. The van der Waals surface area contributed by atoms with Gasteiger partial charge in [-0.1, -0.05) is 11.2 Å². The number of rotatable bonds is 4. The zero-order valence-electron chi connectivity index (χ0n) is 15.1. The number of halogens is 1. The second kappa shape index (κ2) is 7.91. The molecule has 1 aromatic rings. The fraction of sp³-hybridized carbons (Fsp3) is 0.500. The van der Waals surface area contributed by atoms with E-state index in [2.05, 4.69) is 10.5 Å². The molecule has 2 N–H and O–H groups in total. The van der Waals surface area contributed by atoms with Gasteiger partial charge in [-0.05, 0) is 42.9 Å². The van der Waals surface area contributed by atoms with Crippen LogP contribution in [0.2, 0.25) is 0 Å². The Balaban J connectivity index is 1.72. The molecule has 2 amide bonds. The minimum Gasteiger partial charge on any atom is -0.423 e. The van der Waals surface area contributed by atoms with E-state index in [0.717, 1.165) is 0 Å². The third kappa shape index (κ3) is 4.19. The quantitative estimate of drug-likeness (QED) is 0.778. The first-order chi connectivity index (χ1) is 12.9. The van der Waals surface area contributed by atoms with E-state index in [1.165, 1.54) is 25.0 Å². The van der Waals surface area contributed by atoms with Crippen molar-refractivity contribution in [1.29, 1.82) is 0 Å². The van der Waals surface area contributed by atoms with Gasteiger partial charge in [-0.25, -0.2) is 9.18 Å². The predicted molar refractivity (Wildman–Crippen MR) is 94.9 cm³/mol. The summed E-state index contributed by atoms with van der Waals surface area (Å²) in [5.74, 6) is -0.918. The SMILES string of the molecule is CO/N=C1/CCC(c2ccc(N3CC(NC(C)=O)OC3=O)cc2F)CC1O. The highest BCUT2D eigenvalue weighted by Gasteiger charge is 2.34. The van der Waals surface area contributed by atoms with E-state index in [0.29, 0.717) is 36.2 Å². The molecule has 1 heterocycles. The van der Waals surface area contributed by atoms with E-state index in [9.17, 15) is 19.1 Å². The second-order valence-electron chi connectivity index (χ2n) is 6.64. The van der Waals surface area contributed by atoms with Gasteiger partial charge in [-0.3, -0.25) is 9.69 Å². The van der Waals surface area contributed by atoms with E-state index in [4.69, 9.17) is 9.57 Å². The first kappa shape index (κ1) is 19.1. The summed E-state index contributed by atoms with van der Waals surface area (Å²) in [4.78, 5) is 29.1. The Hall–Kier alpha value is -2.68. The van der Waals surface area contributed by atoms with Gasteiger partial charge in [0.25, 0.3) is 0 Å². The van der Waals surface area contributed by atoms with Crippen molar-refractivity contribution >= 4 is 23.4 Å². The smallest absolute Gasteiger partial charge is 0.416 e. The van der Waals surface area contributed by atoms with Gasteiger partial charge in [0, 0.05) is 6.92 Å². The topological polar surface area (TPSA) is 100 Å². The summed E-state index contributed by atoms with van der Waals surface area (Å²) < 4.78 is 19.8. The van der Waals surface area contributed by atoms with Crippen LogP contribution in [0.25, 0.3) is 0 Å². The maximum absolute atomic E-state index is 14.7. The number of amides is 2. The Kier molecular flexibility index (Phi) is 5.59. The Morgan fingerprint density at radius 1 is 1.48 bits per heavy atom. The summed E-state index contributed by atoms with van der Waals surface area (Å²) in [6, 6.07) is 4.54. The Morgan fingerprint density at radius 3 is 2.89 bits per heavy atom. The highest BCUT2D eigenvalue weighted by Crippen LogP contribution is 2.35. The first-order valence-corrected chi connectivity index (χ1v) is 8.71. The van der Waals surface area contributed by atoms with Gasteiger partial charge < -0.3 is 20.0 Å². The molecule has 2 fully saturated rings. The maximum atomic E-state index is 14.7. The highest BCUT2D eigenvalue weighted by molar-refractivity contribution is 5.90. The first-order valence-electron chi connectivity index (χ1n) is 8.71. The molecule has 8 nitrogen and oxygen atoms in total. The third-order valence-electron chi connectivity index (χ3n) is 4.76. The lowest BCUT2D eigenvalue weighted by Crippen LogP contribution is -2.36. The summed E-state index contributed by atoms with van der Waals surface area (Å²) >= 11 is 0. The van der Waals surface area contributed by atoms with Gasteiger partial charge in [0.2, 0.25) is 5.91 Å². The molecule has 0 radical (unpaired) electrons. The van der Waals surface area contributed by atoms with Crippen molar-refractivity contribution in [3.63, 3.8) is 0 Å². The van der Waals surface area contributed by atoms with Crippen LogP contribution in [-0.2, 0) is 14.4 Å². The number of aliphatic hydroxyl groups is 1. The molecule has 1 aromatic carbocycles. The summed E-state index contributed by atoms with van der Waals surface area (Å²) in [6.07, 6.45) is -0.646. The molecule has 146 valence electrons. The molecule has 1 saturated heterocycles. The molecule has 1 aliphatic carbocycles. The van der Waals surface area contributed by atoms with Crippen molar-refractivity contribution in [2.24, 2.45) is 5.16 Å². The van der Waals surface area contributed by atoms with Crippen LogP contribution in [0.5, 0.6) is 0 Å². The van der Waals surface area contributed by atoms with E-state index >= 15 is 0 Å². The van der Waals surface area contributed by atoms with E-state index < -0.39 is 24.2 Å². The number of hydrogen-bond donors (Lipinski definition) is 2. The number of aliphatic hydroxyl groups excluding tert-OH is 1. The lowest BCUT2D eigenvalue weighted by Gasteiger charge is -2.27. The number of benzene rings is 1. The number of hydrogen-bond acceptors (Lipinski definition) is 6. The number of nitrogens with zero attached hydrogens (tertiary/aromatic N) is 2. The van der Waals surface area contributed by atoms with Crippen molar-refractivity contribution in [1.82, 2.24) is 5.32 Å². The molecular formula is C18H22FN3O5. The molecule has 1 saturated carbocycles. The molecule has 3 unspecified atom stereocenters. The van der Waals surface area contributed by atoms with Crippen molar-refractivity contribution in [2.45, 2.75) is 44.4 Å². The molecular weight excluding hydrogens is 357 g/mol. The monoisotopic (exact) mass is 379 g/mol. The molecule has 9 heteroatoms. The van der Waals surface area contributed by atoms with Crippen LogP contribution in [-0.4, -0.2) is 48.8 Å². The normalized spacial score (nSPS) is 26.8.